The largest absolute Gasteiger partial charge is 0.396 e. The fourth-order valence-electron chi connectivity index (χ4n) is 2.88. The van der Waals surface area contributed by atoms with E-state index in [4.69, 9.17) is 4.98 Å². The van der Waals surface area contributed by atoms with Gasteiger partial charge in [0.2, 0.25) is 0 Å². The first-order chi connectivity index (χ1) is 8.13. The first kappa shape index (κ1) is 12.6. The fraction of sp³-hybridized carbons (Fsp3) is 0.786. The monoisotopic (exact) mass is 236 g/mol. The van der Waals surface area contributed by atoms with Crippen LogP contribution in [-0.2, 0) is 0 Å². The van der Waals surface area contributed by atoms with E-state index in [1.165, 1.54) is 37.1 Å². The van der Waals surface area contributed by atoms with Gasteiger partial charge in [0.15, 0.2) is 0 Å². The number of aliphatic hydroxyl groups excluding tert-OH is 1. The molecule has 1 atom stereocenters. The summed E-state index contributed by atoms with van der Waals surface area (Å²) in [5.74, 6) is 2.18. The highest BCUT2D eigenvalue weighted by Gasteiger charge is 2.25. The van der Waals surface area contributed by atoms with Gasteiger partial charge < -0.3 is 10.1 Å². The minimum Gasteiger partial charge on any atom is -0.396 e. The van der Waals surface area contributed by atoms with E-state index in [0.717, 1.165) is 5.82 Å². The van der Waals surface area contributed by atoms with E-state index < -0.39 is 0 Å². The van der Waals surface area contributed by atoms with Crippen LogP contribution in [0.15, 0.2) is 0 Å². The molecule has 96 valence electrons. The van der Waals surface area contributed by atoms with Gasteiger partial charge >= 0.3 is 0 Å². The Bertz CT molecular complexity index is 364. The molecule has 17 heavy (non-hydrogen) atoms. The zero-order chi connectivity index (χ0) is 12.4. The zero-order valence-corrected chi connectivity index (χ0v) is 11.2. The first-order valence-electron chi connectivity index (χ1n) is 6.80. The summed E-state index contributed by atoms with van der Waals surface area (Å²) in [5.41, 5.74) is 2.45. The fourth-order valence-corrected chi connectivity index (χ4v) is 2.88. The van der Waals surface area contributed by atoms with E-state index in [9.17, 15) is 5.11 Å². The van der Waals surface area contributed by atoms with Crippen molar-refractivity contribution in [3.63, 3.8) is 0 Å². The number of aliphatic hydroxyl groups is 1. The molecule has 0 aliphatic heterocycles. The van der Waals surface area contributed by atoms with E-state index in [0.29, 0.717) is 11.8 Å². The molecule has 0 aromatic carbocycles. The van der Waals surface area contributed by atoms with Crippen LogP contribution >= 0.6 is 0 Å². The Labute approximate surface area is 104 Å². The van der Waals surface area contributed by atoms with Gasteiger partial charge in [0, 0.05) is 17.5 Å². The van der Waals surface area contributed by atoms with Gasteiger partial charge in [-0.05, 0) is 25.7 Å². The van der Waals surface area contributed by atoms with E-state index in [2.05, 4.69) is 25.8 Å². The lowest BCUT2D eigenvalue weighted by molar-refractivity contribution is 0.232. The van der Waals surface area contributed by atoms with Crippen LogP contribution in [0, 0.1) is 12.8 Å². The summed E-state index contributed by atoms with van der Waals surface area (Å²) in [6.07, 6.45) is 5.22. The minimum atomic E-state index is 0.142. The first-order valence-corrected chi connectivity index (χ1v) is 6.80. The quantitative estimate of drug-likeness (QED) is 0.844. The molecule has 0 radical (unpaired) electrons. The number of imidazole rings is 1. The van der Waals surface area contributed by atoms with Crippen molar-refractivity contribution in [2.45, 2.75) is 58.3 Å². The van der Waals surface area contributed by atoms with Crippen molar-refractivity contribution in [1.82, 2.24) is 9.97 Å². The van der Waals surface area contributed by atoms with Crippen LogP contribution in [0.2, 0.25) is 0 Å². The van der Waals surface area contributed by atoms with E-state index >= 15 is 0 Å². The molecule has 3 heteroatoms. The van der Waals surface area contributed by atoms with Crippen molar-refractivity contribution in [3.05, 3.63) is 17.2 Å². The summed E-state index contributed by atoms with van der Waals surface area (Å²) in [5, 5.41) is 9.46. The second kappa shape index (κ2) is 5.21. The topological polar surface area (TPSA) is 48.9 Å². The molecule has 2 N–H and O–H groups in total. The highest BCUT2D eigenvalue weighted by atomic mass is 16.3. The molecular weight excluding hydrogens is 212 g/mol. The summed E-state index contributed by atoms with van der Waals surface area (Å²) in [7, 11) is 0. The number of hydrogen-bond acceptors (Lipinski definition) is 2. The van der Waals surface area contributed by atoms with Gasteiger partial charge in [0.25, 0.3) is 0 Å². The predicted molar refractivity (Wildman–Crippen MR) is 69.2 cm³/mol. The molecule has 1 aliphatic rings. The number of rotatable bonds is 4. The van der Waals surface area contributed by atoms with Crippen LogP contribution in [0.1, 0.15) is 68.6 Å². The van der Waals surface area contributed by atoms with Crippen molar-refractivity contribution >= 4 is 0 Å². The molecule has 1 aliphatic carbocycles. The van der Waals surface area contributed by atoms with Crippen molar-refractivity contribution in [3.8, 4) is 0 Å². The lowest BCUT2D eigenvalue weighted by Crippen LogP contribution is -2.13. The number of nitrogens with one attached hydrogen (secondary N) is 1. The van der Waals surface area contributed by atoms with Crippen LogP contribution in [0.25, 0.3) is 0 Å². The Hall–Kier alpha value is -0.830. The molecule has 1 unspecified atom stereocenters. The number of aromatic amines is 1. The standard InChI is InChI=1S/C14H24N2O/c1-9(2)12(8-17)14-15-10(3)13(16-14)11-6-4-5-7-11/h9,11-12,17H,4-8H2,1-3H3,(H,15,16). The summed E-state index contributed by atoms with van der Waals surface area (Å²) >= 11 is 0. The molecule has 2 rings (SSSR count). The van der Waals surface area contributed by atoms with Crippen LogP contribution in [0.4, 0.5) is 0 Å². The van der Waals surface area contributed by atoms with Gasteiger partial charge in [0.1, 0.15) is 5.82 Å². The van der Waals surface area contributed by atoms with E-state index in [1.807, 2.05) is 0 Å². The maximum absolute atomic E-state index is 9.46. The van der Waals surface area contributed by atoms with Crippen molar-refractivity contribution in [1.29, 1.82) is 0 Å². The Balaban J connectivity index is 2.22. The predicted octanol–water partition coefficient (Wildman–Crippen LogP) is 3.11. The molecule has 0 spiro atoms. The normalized spacial score (nSPS) is 19.1. The number of aryl methyl sites for hydroxylation is 1. The zero-order valence-electron chi connectivity index (χ0n) is 11.2. The van der Waals surface area contributed by atoms with Gasteiger partial charge in [0.05, 0.1) is 12.3 Å². The van der Waals surface area contributed by atoms with Crippen molar-refractivity contribution < 1.29 is 5.11 Å². The van der Waals surface area contributed by atoms with Crippen LogP contribution in [0.3, 0.4) is 0 Å². The van der Waals surface area contributed by atoms with Gasteiger partial charge in [-0.25, -0.2) is 4.98 Å². The second-order valence-electron chi connectivity index (χ2n) is 5.65. The summed E-state index contributed by atoms with van der Waals surface area (Å²) in [4.78, 5) is 8.15. The van der Waals surface area contributed by atoms with Gasteiger partial charge in [-0.15, -0.1) is 0 Å². The highest BCUT2D eigenvalue weighted by Crippen LogP contribution is 2.35. The Kier molecular flexibility index (Phi) is 3.87. The molecule has 1 heterocycles. The number of nitrogens with zero attached hydrogens (tertiary/aromatic N) is 1. The van der Waals surface area contributed by atoms with Gasteiger partial charge in [-0.2, -0.15) is 0 Å². The Morgan fingerprint density at radius 1 is 1.35 bits per heavy atom. The lowest BCUT2D eigenvalue weighted by Gasteiger charge is -2.15. The number of hydrogen-bond donors (Lipinski definition) is 2. The van der Waals surface area contributed by atoms with E-state index in [-0.39, 0.29) is 12.5 Å². The lowest BCUT2D eigenvalue weighted by atomic mass is 9.96. The van der Waals surface area contributed by atoms with Gasteiger partial charge in [-0.1, -0.05) is 26.7 Å². The molecule has 1 saturated carbocycles. The molecule has 0 bridgehead atoms. The molecule has 1 fully saturated rings. The molecule has 0 saturated heterocycles. The number of H-pyrrole nitrogens is 1. The summed E-state index contributed by atoms with van der Waals surface area (Å²) < 4.78 is 0. The minimum absolute atomic E-state index is 0.142. The smallest absolute Gasteiger partial charge is 0.112 e. The van der Waals surface area contributed by atoms with E-state index in [1.54, 1.807) is 0 Å². The van der Waals surface area contributed by atoms with Crippen LogP contribution in [0.5, 0.6) is 0 Å². The summed E-state index contributed by atoms with van der Waals surface area (Å²) in [6, 6.07) is 0. The Morgan fingerprint density at radius 3 is 2.53 bits per heavy atom. The molecule has 3 nitrogen and oxygen atoms in total. The summed E-state index contributed by atoms with van der Waals surface area (Å²) in [6.45, 7) is 6.55. The maximum atomic E-state index is 9.46. The van der Waals surface area contributed by atoms with Crippen LogP contribution < -0.4 is 0 Å². The Morgan fingerprint density at radius 2 is 2.00 bits per heavy atom. The third-order valence-electron chi connectivity index (χ3n) is 4.04. The van der Waals surface area contributed by atoms with Gasteiger partial charge in [-0.3, -0.25) is 0 Å². The van der Waals surface area contributed by atoms with Crippen molar-refractivity contribution in [2.75, 3.05) is 6.61 Å². The van der Waals surface area contributed by atoms with Crippen LogP contribution in [-0.4, -0.2) is 21.7 Å². The molecule has 0 amide bonds. The average molecular weight is 236 g/mol. The SMILES string of the molecule is Cc1[nH]c(C(CO)C(C)C)nc1C1CCCC1. The molecule has 1 aromatic rings. The second-order valence-corrected chi connectivity index (χ2v) is 5.65. The molecular formula is C14H24N2O. The third kappa shape index (κ3) is 2.54. The third-order valence-corrected chi connectivity index (χ3v) is 4.04. The highest BCUT2D eigenvalue weighted by molar-refractivity contribution is 5.20. The maximum Gasteiger partial charge on any atom is 0.112 e. The van der Waals surface area contributed by atoms with Crippen molar-refractivity contribution in [2.24, 2.45) is 5.92 Å². The average Bonchev–Trinajstić information content (AvgIpc) is 2.87. The number of aromatic nitrogens is 2. The molecule has 1 aromatic heterocycles.